The summed E-state index contributed by atoms with van der Waals surface area (Å²) < 4.78 is 0.682. The van der Waals surface area contributed by atoms with Gasteiger partial charge in [-0.25, -0.2) is 0 Å². The van der Waals surface area contributed by atoms with Gasteiger partial charge in [0.2, 0.25) is 0 Å². The molecule has 6 heteroatoms. The fourth-order valence-corrected chi connectivity index (χ4v) is 2.45. The van der Waals surface area contributed by atoms with Crippen molar-refractivity contribution in [2.75, 3.05) is 0 Å². The number of carbonyl (C=O) groups is 1. The summed E-state index contributed by atoms with van der Waals surface area (Å²) in [5, 5.41) is 19.8. The van der Waals surface area contributed by atoms with Gasteiger partial charge in [-0.15, -0.1) is 11.3 Å². The normalized spacial score (nSPS) is 15.3. The monoisotopic (exact) mass is 265 g/mol. The van der Waals surface area contributed by atoms with Crippen LogP contribution in [0.1, 0.15) is 11.0 Å². The molecule has 0 saturated heterocycles. The van der Waals surface area contributed by atoms with Gasteiger partial charge >= 0.3 is 5.97 Å². The highest BCUT2D eigenvalue weighted by atomic mass is 79.9. The van der Waals surface area contributed by atoms with Gasteiger partial charge in [-0.2, -0.15) is 0 Å². The third-order valence-corrected chi connectivity index (χ3v) is 3.48. The van der Waals surface area contributed by atoms with E-state index < -0.39 is 18.1 Å². The molecule has 2 atom stereocenters. The van der Waals surface area contributed by atoms with Crippen LogP contribution in [0.15, 0.2) is 15.9 Å². The molecule has 72 valence electrons. The van der Waals surface area contributed by atoms with Crippen LogP contribution in [-0.2, 0) is 4.79 Å². The first-order chi connectivity index (χ1) is 6.04. The molecule has 0 amide bonds. The molecule has 0 aromatic carbocycles. The van der Waals surface area contributed by atoms with Crippen molar-refractivity contribution in [2.24, 2.45) is 5.73 Å². The molecule has 0 bridgehead atoms. The number of aliphatic carboxylic acids is 1. The van der Waals surface area contributed by atoms with Gasteiger partial charge < -0.3 is 15.9 Å². The largest absolute Gasteiger partial charge is 0.480 e. The SMILES string of the molecule is NC(C(=O)O)C(O)c1sccc1Br. The van der Waals surface area contributed by atoms with Crippen molar-refractivity contribution in [3.8, 4) is 0 Å². The average molecular weight is 266 g/mol. The predicted octanol–water partition coefficient (Wildman–Crippen LogP) is 0.956. The first kappa shape index (κ1) is 10.6. The van der Waals surface area contributed by atoms with Crippen LogP contribution in [-0.4, -0.2) is 22.2 Å². The second-order valence-electron chi connectivity index (χ2n) is 2.44. The lowest BCUT2D eigenvalue weighted by molar-refractivity contribution is -0.141. The van der Waals surface area contributed by atoms with E-state index in [1.165, 1.54) is 11.3 Å². The number of hydrogen-bond acceptors (Lipinski definition) is 4. The molecule has 0 radical (unpaired) electrons. The van der Waals surface area contributed by atoms with Crippen molar-refractivity contribution in [1.29, 1.82) is 0 Å². The lowest BCUT2D eigenvalue weighted by atomic mass is 10.1. The average Bonchev–Trinajstić information content (AvgIpc) is 2.48. The number of aliphatic hydroxyl groups is 1. The number of hydrogen-bond donors (Lipinski definition) is 3. The zero-order valence-electron chi connectivity index (χ0n) is 6.48. The van der Waals surface area contributed by atoms with E-state index in [1.807, 2.05) is 0 Å². The van der Waals surface area contributed by atoms with E-state index >= 15 is 0 Å². The van der Waals surface area contributed by atoms with Crippen LogP contribution in [0.3, 0.4) is 0 Å². The Hall–Kier alpha value is -0.430. The van der Waals surface area contributed by atoms with E-state index in [1.54, 1.807) is 11.4 Å². The van der Waals surface area contributed by atoms with Gasteiger partial charge in [0, 0.05) is 9.35 Å². The molecule has 0 saturated carbocycles. The number of thiophene rings is 1. The molecule has 0 aliphatic carbocycles. The molecule has 1 rings (SSSR count). The second-order valence-corrected chi connectivity index (χ2v) is 4.24. The number of aliphatic hydroxyl groups excluding tert-OH is 1. The summed E-state index contributed by atoms with van der Waals surface area (Å²) in [7, 11) is 0. The van der Waals surface area contributed by atoms with Crippen molar-refractivity contribution < 1.29 is 15.0 Å². The van der Waals surface area contributed by atoms with Crippen LogP contribution in [0.25, 0.3) is 0 Å². The van der Waals surface area contributed by atoms with Gasteiger partial charge in [0.05, 0.1) is 0 Å². The Balaban J connectivity index is 2.85. The van der Waals surface area contributed by atoms with E-state index in [2.05, 4.69) is 15.9 Å². The summed E-state index contributed by atoms with van der Waals surface area (Å²) in [5.74, 6) is -1.21. The summed E-state index contributed by atoms with van der Waals surface area (Å²) in [6, 6.07) is 0.451. The zero-order chi connectivity index (χ0) is 10.0. The molecule has 0 spiro atoms. The van der Waals surface area contributed by atoms with Gasteiger partial charge in [-0.3, -0.25) is 4.79 Å². The van der Waals surface area contributed by atoms with Crippen molar-refractivity contribution in [2.45, 2.75) is 12.1 Å². The Bertz CT molecular complexity index is 314. The molecule has 0 aliphatic rings. The number of halogens is 1. The highest BCUT2D eigenvalue weighted by molar-refractivity contribution is 9.10. The van der Waals surface area contributed by atoms with Gasteiger partial charge in [-0.1, -0.05) is 0 Å². The van der Waals surface area contributed by atoms with Crippen molar-refractivity contribution in [3.05, 3.63) is 20.8 Å². The Morgan fingerprint density at radius 2 is 2.31 bits per heavy atom. The fraction of sp³-hybridized carbons (Fsp3) is 0.286. The van der Waals surface area contributed by atoms with Crippen molar-refractivity contribution in [3.63, 3.8) is 0 Å². The quantitative estimate of drug-likeness (QED) is 0.760. The third kappa shape index (κ3) is 2.28. The minimum atomic E-state index is -1.28. The van der Waals surface area contributed by atoms with E-state index in [0.29, 0.717) is 9.35 Å². The molecule has 1 heterocycles. The molecular formula is C7H8BrNO3S. The Labute approximate surface area is 87.1 Å². The Morgan fingerprint density at radius 3 is 2.69 bits per heavy atom. The van der Waals surface area contributed by atoms with Crippen LogP contribution < -0.4 is 5.73 Å². The summed E-state index contributed by atoms with van der Waals surface area (Å²) >= 11 is 4.45. The van der Waals surface area contributed by atoms with Crippen LogP contribution in [0.2, 0.25) is 0 Å². The van der Waals surface area contributed by atoms with Crippen LogP contribution >= 0.6 is 27.3 Å². The Kier molecular flexibility index (Phi) is 3.43. The smallest absolute Gasteiger partial charge is 0.323 e. The highest BCUT2D eigenvalue weighted by Gasteiger charge is 2.25. The molecule has 4 nitrogen and oxygen atoms in total. The Morgan fingerprint density at radius 1 is 1.69 bits per heavy atom. The molecule has 0 aliphatic heterocycles. The second kappa shape index (κ2) is 4.19. The molecule has 4 N–H and O–H groups in total. The summed E-state index contributed by atoms with van der Waals surface area (Å²) in [6.45, 7) is 0. The predicted molar refractivity (Wildman–Crippen MR) is 52.6 cm³/mol. The van der Waals surface area contributed by atoms with Gasteiger partial charge in [-0.05, 0) is 27.4 Å². The van der Waals surface area contributed by atoms with Crippen molar-refractivity contribution in [1.82, 2.24) is 0 Å². The lowest BCUT2D eigenvalue weighted by Gasteiger charge is -2.13. The summed E-state index contributed by atoms with van der Waals surface area (Å²) in [6.07, 6.45) is -1.16. The summed E-state index contributed by atoms with van der Waals surface area (Å²) in [4.78, 5) is 11.0. The van der Waals surface area contributed by atoms with E-state index in [0.717, 1.165) is 0 Å². The molecule has 1 aromatic rings. The molecular weight excluding hydrogens is 258 g/mol. The van der Waals surface area contributed by atoms with E-state index in [4.69, 9.17) is 10.8 Å². The molecule has 13 heavy (non-hydrogen) atoms. The maximum absolute atomic E-state index is 10.5. The lowest BCUT2D eigenvalue weighted by Crippen LogP contribution is -2.36. The number of rotatable bonds is 3. The van der Waals surface area contributed by atoms with Crippen LogP contribution in [0.4, 0.5) is 0 Å². The highest BCUT2D eigenvalue weighted by Crippen LogP contribution is 2.30. The zero-order valence-corrected chi connectivity index (χ0v) is 8.88. The summed E-state index contributed by atoms with van der Waals surface area (Å²) in [5.41, 5.74) is 5.26. The minimum absolute atomic E-state index is 0.537. The first-order valence-corrected chi connectivity index (χ1v) is 5.10. The van der Waals surface area contributed by atoms with E-state index in [9.17, 15) is 9.90 Å². The van der Waals surface area contributed by atoms with Gasteiger partial charge in [0.15, 0.2) is 0 Å². The van der Waals surface area contributed by atoms with E-state index in [-0.39, 0.29) is 0 Å². The molecule has 1 aromatic heterocycles. The third-order valence-electron chi connectivity index (χ3n) is 1.54. The molecule has 2 unspecified atom stereocenters. The maximum atomic E-state index is 10.5. The number of carboxylic acids is 1. The fourth-order valence-electron chi connectivity index (χ4n) is 0.815. The number of nitrogens with two attached hydrogens (primary N) is 1. The van der Waals surface area contributed by atoms with Crippen LogP contribution in [0, 0.1) is 0 Å². The topological polar surface area (TPSA) is 83.6 Å². The van der Waals surface area contributed by atoms with Gasteiger partial charge in [0.25, 0.3) is 0 Å². The van der Waals surface area contributed by atoms with Crippen molar-refractivity contribution >= 4 is 33.2 Å². The number of carboxylic acid groups (broad SMARTS) is 1. The first-order valence-electron chi connectivity index (χ1n) is 3.43. The standard InChI is InChI=1S/C7H8BrNO3S/c8-3-1-2-13-6(3)5(10)4(9)7(11)12/h1-2,4-5,10H,9H2,(H,11,12). The minimum Gasteiger partial charge on any atom is -0.480 e. The van der Waals surface area contributed by atoms with Crippen LogP contribution in [0.5, 0.6) is 0 Å². The maximum Gasteiger partial charge on any atom is 0.323 e. The molecule has 0 fully saturated rings. The van der Waals surface area contributed by atoms with Gasteiger partial charge in [0.1, 0.15) is 12.1 Å².